The summed E-state index contributed by atoms with van der Waals surface area (Å²) < 4.78 is 5.29. The number of carbonyl (C=O) groups is 1. The SMILES string of the molecule is NC(CC1CCCCC1)C(O)CC(=O)NCCN1CCOCC1. The first-order valence-electron chi connectivity index (χ1n) is 9.15. The first kappa shape index (κ1) is 18.6. The molecule has 1 saturated heterocycles. The van der Waals surface area contributed by atoms with Crippen LogP contribution in [-0.2, 0) is 9.53 Å². The van der Waals surface area contributed by atoms with Crippen molar-refractivity contribution in [1.29, 1.82) is 0 Å². The average Bonchev–Trinajstić information content (AvgIpc) is 2.56. The van der Waals surface area contributed by atoms with Crippen LogP contribution in [0.3, 0.4) is 0 Å². The van der Waals surface area contributed by atoms with Crippen LogP contribution in [0, 0.1) is 5.92 Å². The van der Waals surface area contributed by atoms with Gasteiger partial charge in [-0.25, -0.2) is 0 Å². The number of nitrogens with zero attached hydrogens (tertiary/aromatic N) is 1. The molecule has 0 radical (unpaired) electrons. The molecule has 0 aromatic carbocycles. The number of morpholine rings is 1. The van der Waals surface area contributed by atoms with Crippen LogP contribution in [-0.4, -0.2) is 67.5 Å². The van der Waals surface area contributed by atoms with Crippen molar-refractivity contribution in [2.75, 3.05) is 39.4 Å². The third kappa shape index (κ3) is 7.16. The van der Waals surface area contributed by atoms with Crippen molar-refractivity contribution in [2.24, 2.45) is 11.7 Å². The van der Waals surface area contributed by atoms with E-state index in [1.54, 1.807) is 0 Å². The lowest BCUT2D eigenvalue weighted by molar-refractivity contribution is -0.123. The third-order valence-electron chi connectivity index (χ3n) is 5.07. The zero-order valence-corrected chi connectivity index (χ0v) is 14.2. The number of aliphatic hydroxyl groups excluding tert-OH is 1. The van der Waals surface area contributed by atoms with Crippen molar-refractivity contribution in [3.05, 3.63) is 0 Å². The van der Waals surface area contributed by atoms with Crippen LogP contribution >= 0.6 is 0 Å². The van der Waals surface area contributed by atoms with E-state index in [0.717, 1.165) is 39.3 Å². The lowest BCUT2D eigenvalue weighted by Gasteiger charge is -2.27. The maximum Gasteiger partial charge on any atom is 0.222 e. The molecule has 2 unspecified atom stereocenters. The first-order valence-corrected chi connectivity index (χ1v) is 9.15. The lowest BCUT2D eigenvalue weighted by Crippen LogP contribution is -2.43. The van der Waals surface area contributed by atoms with Gasteiger partial charge in [0.25, 0.3) is 0 Å². The van der Waals surface area contributed by atoms with E-state index in [9.17, 15) is 9.90 Å². The molecule has 1 heterocycles. The number of hydrogen-bond donors (Lipinski definition) is 3. The van der Waals surface area contributed by atoms with Gasteiger partial charge in [0.2, 0.25) is 5.91 Å². The van der Waals surface area contributed by atoms with E-state index in [2.05, 4.69) is 10.2 Å². The largest absolute Gasteiger partial charge is 0.391 e. The summed E-state index contributed by atoms with van der Waals surface area (Å²) in [5, 5.41) is 13.0. The van der Waals surface area contributed by atoms with Gasteiger partial charge >= 0.3 is 0 Å². The highest BCUT2D eigenvalue weighted by Gasteiger charge is 2.23. The Balaban J connectivity index is 1.57. The topological polar surface area (TPSA) is 87.8 Å². The number of carbonyl (C=O) groups excluding carboxylic acids is 1. The van der Waals surface area contributed by atoms with Gasteiger partial charge in [-0.05, 0) is 12.3 Å². The second-order valence-corrected chi connectivity index (χ2v) is 6.98. The summed E-state index contributed by atoms with van der Waals surface area (Å²) in [6.07, 6.45) is 6.50. The molecule has 1 aliphatic carbocycles. The summed E-state index contributed by atoms with van der Waals surface area (Å²) in [6, 6.07) is -0.289. The van der Waals surface area contributed by atoms with Gasteiger partial charge in [0.1, 0.15) is 0 Å². The number of rotatable bonds is 8. The monoisotopic (exact) mass is 327 g/mol. The van der Waals surface area contributed by atoms with E-state index in [1.165, 1.54) is 32.1 Å². The summed E-state index contributed by atoms with van der Waals surface area (Å²) in [6.45, 7) is 4.82. The van der Waals surface area contributed by atoms with Gasteiger partial charge in [-0.3, -0.25) is 9.69 Å². The predicted octanol–water partition coefficient (Wildman–Crippen LogP) is 0.484. The minimum absolute atomic E-state index is 0.107. The molecular weight excluding hydrogens is 294 g/mol. The lowest BCUT2D eigenvalue weighted by atomic mass is 9.83. The van der Waals surface area contributed by atoms with E-state index in [0.29, 0.717) is 12.5 Å². The Bertz CT molecular complexity index is 342. The maximum atomic E-state index is 11.9. The second-order valence-electron chi connectivity index (χ2n) is 6.98. The fraction of sp³-hybridized carbons (Fsp3) is 0.941. The quantitative estimate of drug-likeness (QED) is 0.604. The van der Waals surface area contributed by atoms with Gasteiger partial charge in [0.05, 0.1) is 25.7 Å². The fourth-order valence-corrected chi connectivity index (χ4v) is 3.56. The molecule has 1 amide bonds. The Hall–Kier alpha value is -0.690. The molecule has 2 aliphatic rings. The van der Waals surface area contributed by atoms with E-state index in [4.69, 9.17) is 10.5 Å². The van der Waals surface area contributed by atoms with Crippen molar-refractivity contribution >= 4 is 5.91 Å². The zero-order chi connectivity index (χ0) is 16.5. The molecule has 23 heavy (non-hydrogen) atoms. The summed E-state index contributed by atoms with van der Waals surface area (Å²) in [4.78, 5) is 14.2. The molecule has 0 spiro atoms. The zero-order valence-electron chi connectivity index (χ0n) is 14.2. The highest BCUT2D eigenvalue weighted by Crippen LogP contribution is 2.27. The molecule has 4 N–H and O–H groups in total. The number of amides is 1. The summed E-state index contributed by atoms with van der Waals surface area (Å²) in [5.74, 6) is 0.516. The molecule has 0 bridgehead atoms. The van der Waals surface area contributed by atoms with Gasteiger partial charge in [0.15, 0.2) is 0 Å². The highest BCUT2D eigenvalue weighted by molar-refractivity contribution is 5.76. The minimum atomic E-state index is -0.736. The molecular formula is C17H33N3O3. The molecule has 0 aromatic rings. The van der Waals surface area contributed by atoms with E-state index < -0.39 is 6.10 Å². The van der Waals surface area contributed by atoms with Crippen molar-refractivity contribution < 1.29 is 14.6 Å². The molecule has 6 nitrogen and oxygen atoms in total. The van der Waals surface area contributed by atoms with E-state index in [1.807, 2.05) is 0 Å². The molecule has 1 aliphatic heterocycles. The Labute approximate surface area is 139 Å². The molecule has 1 saturated carbocycles. The molecule has 2 rings (SSSR count). The number of ether oxygens (including phenoxy) is 1. The molecule has 2 fully saturated rings. The van der Waals surface area contributed by atoms with Crippen LogP contribution < -0.4 is 11.1 Å². The number of hydrogen-bond acceptors (Lipinski definition) is 5. The number of nitrogens with two attached hydrogens (primary N) is 1. The van der Waals surface area contributed by atoms with E-state index in [-0.39, 0.29) is 18.4 Å². The van der Waals surface area contributed by atoms with Crippen molar-refractivity contribution in [3.8, 4) is 0 Å². The van der Waals surface area contributed by atoms with Crippen molar-refractivity contribution in [3.63, 3.8) is 0 Å². The Morgan fingerprint density at radius 1 is 1.26 bits per heavy atom. The Kier molecular flexibility index (Phi) is 8.30. The van der Waals surface area contributed by atoms with Gasteiger partial charge in [-0.15, -0.1) is 0 Å². The predicted molar refractivity (Wildman–Crippen MR) is 90.1 cm³/mol. The number of aliphatic hydroxyl groups is 1. The van der Waals surface area contributed by atoms with Gasteiger partial charge < -0.3 is 20.9 Å². The molecule has 2 atom stereocenters. The van der Waals surface area contributed by atoms with Crippen LogP contribution in [0.25, 0.3) is 0 Å². The van der Waals surface area contributed by atoms with Crippen LogP contribution in [0.4, 0.5) is 0 Å². The van der Waals surface area contributed by atoms with Crippen LogP contribution in [0.15, 0.2) is 0 Å². The number of nitrogens with one attached hydrogen (secondary N) is 1. The Morgan fingerprint density at radius 2 is 1.96 bits per heavy atom. The minimum Gasteiger partial charge on any atom is -0.391 e. The molecule has 6 heteroatoms. The van der Waals surface area contributed by atoms with Crippen molar-refractivity contribution in [2.45, 2.75) is 57.1 Å². The van der Waals surface area contributed by atoms with Gasteiger partial charge in [-0.2, -0.15) is 0 Å². The molecule has 134 valence electrons. The summed E-state index contributed by atoms with van der Waals surface area (Å²) in [5.41, 5.74) is 6.09. The highest BCUT2D eigenvalue weighted by atomic mass is 16.5. The third-order valence-corrected chi connectivity index (χ3v) is 5.07. The van der Waals surface area contributed by atoms with Crippen LogP contribution in [0.1, 0.15) is 44.9 Å². The Morgan fingerprint density at radius 3 is 2.65 bits per heavy atom. The second kappa shape index (κ2) is 10.2. The first-order chi connectivity index (χ1) is 11.1. The van der Waals surface area contributed by atoms with Crippen LogP contribution in [0.2, 0.25) is 0 Å². The summed E-state index contributed by atoms with van der Waals surface area (Å²) >= 11 is 0. The van der Waals surface area contributed by atoms with Gasteiger partial charge in [-0.1, -0.05) is 32.1 Å². The smallest absolute Gasteiger partial charge is 0.222 e. The van der Waals surface area contributed by atoms with E-state index >= 15 is 0 Å². The maximum absolute atomic E-state index is 11.9. The van der Waals surface area contributed by atoms with Gasteiger partial charge in [0, 0.05) is 32.2 Å². The standard InChI is InChI=1S/C17H33N3O3/c18-15(12-14-4-2-1-3-5-14)16(21)13-17(22)19-6-7-20-8-10-23-11-9-20/h14-16,21H,1-13,18H2,(H,19,22). The average molecular weight is 327 g/mol. The molecule has 0 aromatic heterocycles. The normalized spacial score (nSPS) is 23.4. The van der Waals surface area contributed by atoms with Crippen molar-refractivity contribution in [1.82, 2.24) is 10.2 Å². The summed E-state index contributed by atoms with van der Waals surface area (Å²) in [7, 11) is 0. The fourth-order valence-electron chi connectivity index (χ4n) is 3.56. The van der Waals surface area contributed by atoms with Crippen LogP contribution in [0.5, 0.6) is 0 Å².